The van der Waals surface area contributed by atoms with Gasteiger partial charge in [0.25, 0.3) is 5.91 Å². The van der Waals surface area contributed by atoms with Gasteiger partial charge in [-0.2, -0.15) is 0 Å². The van der Waals surface area contributed by atoms with Crippen LogP contribution in [0.4, 0.5) is 4.39 Å². The zero-order valence-electron chi connectivity index (χ0n) is 18.6. The number of hydrogen-bond acceptors (Lipinski definition) is 5. The molecule has 34 heavy (non-hydrogen) atoms. The van der Waals surface area contributed by atoms with Gasteiger partial charge in [0.1, 0.15) is 17.5 Å². The van der Waals surface area contributed by atoms with Crippen LogP contribution in [0.2, 0.25) is 0 Å². The molecular formula is C25H24FN5O3. The van der Waals surface area contributed by atoms with E-state index in [1.54, 1.807) is 12.1 Å². The van der Waals surface area contributed by atoms with Crippen molar-refractivity contribution in [3.05, 3.63) is 53.0 Å². The number of H-pyrrole nitrogens is 1. The monoisotopic (exact) mass is 461 g/mol. The molecular weight excluding hydrogens is 437 g/mol. The van der Waals surface area contributed by atoms with Gasteiger partial charge >= 0.3 is 0 Å². The van der Waals surface area contributed by atoms with Gasteiger partial charge in [-0.1, -0.05) is 0 Å². The summed E-state index contributed by atoms with van der Waals surface area (Å²) in [6.45, 7) is 2.87. The number of carbonyl (C=O) groups is 3. The summed E-state index contributed by atoms with van der Waals surface area (Å²) in [4.78, 5) is 48.3. The van der Waals surface area contributed by atoms with E-state index in [0.29, 0.717) is 16.9 Å². The van der Waals surface area contributed by atoms with E-state index in [1.807, 2.05) is 18.3 Å². The smallest absolute Gasteiger partial charge is 0.255 e. The van der Waals surface area contributed by atoms with E-state index < -0.39 is 23.7 Å². The Morgan fingerprint density at radius 1 is 1.09 bits per heavy atom. The summed E-state index contributed by atoms with van der Waals surface area (Å²) in [5, 5.41) is 3.30. The van der Waals surface area contributed by atoms with Crippen molar-refractivity contribution in [2.45, 2.75) is 44.8 Å². The fourth-order valence-electron chi connectivity index (χ4n) is 5.36. The number of halogens is 1. The first-order valence-electron chi connectivity index (χ1n) is 11.7. The van der Waals surface area contributed by atoms with Crippen LogP contribution in [-0.2, 0) is 22.7 Å². The summed E-state index contributed by atoms with van der Waals surface area (Å²) in [6, 6.07) is 6.36. The van der Waals surface area contributed by atoms with Gasteiger partial charge < -0.3 is 9.88 Å². The van der Waals surface area contributed by atoms with Gasteiger partial charge in [-0.25, -0.2) is 9.37 Å². The summed E-state index contributed by atoms with van der Waals surface area (Å²) >= 11 is 0. The van der Waals surface area contributed by atoms with Gasteiger partial charge in [0, 0.05) is 41.2 Å². The zero-order valence-corrected chi connectivity index (χ0v) is 18.6. The highest BCUT2D eigenvalue weighted by molar-refractivity contribution is 6.05. The maximum atomic E-state index is 15.8. The molecule has 2 fully saturated rings. The van der Waals surface area contributed by atoms with Gasteiger partial charge in [-0.05, 0) is 62.2 Å². The van der Waals surface area contributed by atoms with Crippen molar-refractivity contribution >= 4 is 28.8 Å². The summed E-state index contributed by atoms with van der Waals surface area (Å²) in [5.74, 6) is -1.75. The minimum atomic E-state index is -0.777. The van der Waals surface area contributed by atoms with Crippen LogP contribution in [0.1, 0.15) is 47.2 Å². The molecule has 0 bridgehead atoms. The number of nitrogens with one attached hydrogen (secondary N) is 2. The van der Waals surface area contributed by atoms with Crippen LogP contribution in [0.25, 0.3) is 22.3 Å². The molecule has 0 aliphatic carbocycles. The summed E-state index contributed by atoms with van der Waals surface area (Å²) in [5.41, 5.74) is 3.15. The van der Waals surface area contributed by atoms with Crippen LogP contribution in [-0.4, -0.2) is 56.6 Å². The number of fused-ring (bicyclic) bond motifs is 2. The topological polar surface area (TPSA) is 98.4 Å². The molecule has 5 heterocycles. The van der Waals surface area contributed by atoms with Crippen molar-refractivity contribution in [1.82, 2.24) is 25.1 Å². The lowest BCUT2D eigenvalue weighted by molar-refractivity contribution is -0.136. The maximum absolute atomic E-state index is 15.8. The Bertz CT molecular complexity index is 1340. The van der Waals surface area contributed by atoms with Crippen molar-refractivity contribution in [3.63, 3.8) is 0 Å². The number of imide groups is 1. The van der Waals surface area contributed by atoms with Gasteiger partial charge in [0.05, 0.1) is 12.2 Å². The lowest BCUT2D eigenvalue weighted by atomic mass is 10.0. The normalized spacial score (nSPS) is 20.9. The minimum Gasteiger partial charge on any atom is -0.346 e. The van der Waals surface area contributed by atoms with E-state index >= 15 is 4.39 Å². The van der Waals surface area contributed by atoms with Crippen LogP contribution in [0.5, 0.6) is 0 Å². The van der Waals surface area contributed by atoms with Crippen molar-refractivity contribution in [2.75, 3.05) is 13.1 Å². The average molecular weight is 461 g/mol. The first kappa shape index (κ1) is 21.0. The first-order chi connectivity index (χ1) is 16.5. The molecule has 2 saturated heterocycles. The Balaban J connectivity index is 1.36. The number of aromatic amines is 1. The van der Waals surface area contributed by atoms with E-state index in [1.165, 1.54) is 17.7 Å². The lowest BCUT2D eigenvalue weighted by Gasteiger charge is -2.29. The fourth-order valence-corrected chi connectivity index (χ4v) is 5.36. The summed E-state index contributed by atoms with van der Waals surface area (Å²) < 4.78 is 15.8. The van der Waals surface area contributed by atoms with E-state index in [4.69, 9.17) is 0 Å². The maximum Gasteiger partial charge on any atom is 0.255 e. The quantitative estimate of drug-likeness (QED) is 0.583. The van der Waals surface area contributed by atoms with E-state index in [9.17, 15) is 14.4 Å². The molecule has 3 amide bonds. The molecule has 0 radical (unpaired) electrons. The van der Waals surface area contributed by atoms with Gasteiger partial charge in [-0.3, -0.25) is 24.6 Å². The molecule has 2 aromatic heterocycles. The Morgan fingerprint density at radius 2 is 1.88 bits per heavy atom. The Labute approximate surface area is 195 Å². The third-order valence-electron chi connectivity index (χ3n) is 7.13. The lowest BCUT2D eigenvalue weighted by Crippen LogP contribution is -2.52. The number of nitrogens with zero attached hydrogens (tertiary/aromatic N) is 3. The number of pyridine rings is 1. The predicted molar refractivity (Wildman–Crippen MR) is 122 cm³/mol. The number of rotatable bonds is 4. The third kappa shape index (κ3) is 3.38. The molecule has 8 nitrogen and oxygen atoms in total. The molecule has 1 aromatic carbocycles. The van der Waals surface area contributed by atoms with E-state index in [2.05, 4.69) is 20.2 Å². The molecule has 6 rings (SSSR count). The zero-order chi connectivity index (χ0) is 23.4. The Kier molecular flexibility index (Phi) is 4.95. The third-order valence-corrected chi connectivity index (χ3v) is 7.13. The Hall–Kier alpha value is -3.59. The van der Waals surface area contributed by atoms with Crippen LogP contribution in [0, 0.1) is 5.82 Å². The van der Waals surface area contributed by atoms with Crippen molar-refractivity contribution < 1.29 is 18.8 Å². The number of piperidine rings is 1. The molecule has 3 aliphatic rings. The van der Waals surface area contributed by atoms with Gasteiger partial charge in [-0.15, -0.1) is 0 Å². The number of hydrogen-bond donors (Lipinski definition) is 2. The van der Waals surface area contributed by atoms with Crippen molar-refractivity contribution in [1.29, 1.82) is 0 Å². The molecule has 1 atom stereocenters. The highest BCUT2D eigenvalue weighted by Crippen LogP contribution is 2.35. The highest BCUT2D eigenvalue weighted by Gasteiger charge is 2.40. The molecule has 0 saturated carbocycles. The molecule has 1 unspecified atom stereocenters. The van der Waals surface area contributed by atoms with Crippen molar-refractivity contribution in [3.8, 4) is 11.3 Å². The fraction of sp³-hybridized carbons (Fsp3) is 0.360. The molecule has 9 heteroatoms. The second-order valence-corrected chi connectivity index (χ2v) is 9.24. The minimum absolute atomic E-state index is 0.00843. The SMILES string of the molecule is O=C1CCC(N2Cc3c(ccc(-c4cc(CN5CCCC5)c5cc[nH]c5n4)c3F)C2=O)C(=O)N1. The number of benzene rings is 1. The predicted octanol–water partition coefficient (Wildman–Crippen LogP) is 2.73. The average Bonchev–Trinajstić information content (AvgIpc) is 3.56. The number of carbonyl (C=O) groups excluding carboxylic acids is 3. The van der Waals surface area contributed by atoms with Crippen LogP contribution in [0.15, 0.2) is 30.5 Å². The molecule has 2 N–H and O–H groups in total. The Morgan fingerprint density at radius 3 is 2.68 bits per heavy atom. The number of amides is 3. The molecule has 0 spiro atoms. The van der Waals surface area contributed by atoms with E-state index in [0.717, 1.165) is 30.6 Å². The van der Waals surface area contributed by atoms with Crippen LogP contribution >= 0.6 is 0 Å². The highest BCUT2D eigenvalue weighted by atomic mass is 19.1. The van der Waals surface area contributed by atoms with Crippen LogP contribution in [0.3, 0.4) is 0 Å². The number of likely N-dealkylation sites (tertiary alicyclic amines) is 1. The number of aromatic nitrogens is 2. The first-order valence-corrected chi connectivity index (χ1v) is 11.7. The largest absolute Gasteiger partial charge is 0.346 e. The second-order valence-electron chi connectivity index (χ2n) is 9.24. The summed E-state index contributed by atoms with van der Waals surface area (Å²) in [7, 11) is 0. The standard InChI is InChI=1S/C25H24FN5O3/c26-22-17(19-11-14(12-30-9-1-2-10-30)15-7-8-27-23(15)28-19)4-3-16-18(22)13-31(25(16)34)20-5-6-21(32)29-24(20)33/h3-4,7-8,11,20H,1-2,5-6,9-10,12-13H2,(H,27,28)(H,29,32,33). The van der Waals surface area contributed by atoms with Crippen molar-refractivity contribution in [2.24, 2.45) is 0 Å². The van der Waals surface area contributed by atoms with Gasteiger partial charge in [0.2, 0.25) is 11.8 Å². The molecule has 3 aliphatic heterocycles. The van der Waals surface area contributed by atoms with Gasteiger partial charge in [0.15, 0.2) is 0 Å². The second kappa shape index (κ2) is 8.02. The molecule has 174 valence electrons. The molecule has 3 aromatic rings. The van der Waals surface area contributed by atoms with E-state index in [-0.39, 0.29) is 36.4 Å². The van der Waals surface area contributed by atoms with Crippen LogP contribution < -0.4 is 5.32 Å². The summed E-state index contributed by atoms with van der Waals surface area (Å²) in [6.07, 6.45) is 4.61.